The zero-order chi connectivity index (χ0) is 10.6. The lowest BCUT2D eigenvalue weighted by Gasteiger charge is -2.10. The summed E-state index contributed by atoms with van der Waals surface area (Å²) in [6.45, 7) is 2.05. The average molecular weight is 217 g/mol. The predicted octanol–water partition coefficient (Wildman–Crippen LogP) is 3.70. The van der Waals surface area contributed by atoms with Crippen LogP contribution in [0.5, 0.6) is 0 Å². The highest BCUT2D eigenvalue weighted by Gasteiger charge is 2.08. The number of unbranched alkanes of at least 4 members (excludes halogenated alkanes) is 1. The lowest BCUT2D eigenvalue weighted by molar-refractivity contribution is 0.164. The Morgan fingerprint density at radius 2 is 2.14 bits per heavy atom. The number of benzene rings is 1. The third kappa shape index (κ3) is 3.28. The fourth-order valence-electron chi connectivity index (χ4n) is 1.33. The third-order valence-electron chi connectivity index (χ3n) is 2.10. The van der Waals surface area contributed by atoms with Crippen molar-refractivity contribution < 1.29 is 9.50 Å². The molecule has 1 aromatic carbocycles. The van der Waals surface area contributed by atoms with Crippen molar-refractivity contribution in [1.82, 2.24) is 0 Å². The highest BCUT2D eigenvalue weighted by Crippen LogP contribution is 2.23. The van der Waals surface area contributed by atoms with Gasteiger partial charge in [0.05, 0.1) is 6.10 Å². The van der Waals surface area contributed by atoms with E-state index in [0.717, 1.165) is 12.8 Å². The first kappa shape index (κ1) is 11.5. The van der Waals surface area contributed by atoms with E-state index in [9.17, 15) is 9.50 Å². The SMILES string of the molecule is CCCCC(O)c1cc(F)cc(Cl)c1. The highest BCUT2D eigenvalue weighted by atomic mass is 35.5. The van der Waals surface area contributed by atoms with Crippen molar-refractivity contribution in [2.24, 2.45) is 0 Å². The van der Waals surface area contributed by atoms with E-state index in [2.05, 4.69) is 0 Å². The number of aliphatic hydroxyl groups excluding tert-OH is 1. The Balaban J connectivity index is 2.73. The van der Waals surface area contributed by atoms with Gasteiger partial charge in [0.15, 0.2) is 0 Å². The van der Waals surface area contributed by atoms with Crippen LogP contribution in [0.1, 0.15) is 37.9 Å². The molecule has 78 valence electrons. The number of aliphatic hydroxyl groups is 1. The molecule has 3 heteroatoms. The summed E-state index contributed by atoms with van der Waals surface area (Å²) in [5.74, 6) is -0.400. The first-order valence-corrected chi connectivity index (χ1v) is 5.15. The molecule has 1 rings (SSSR count). The van der Waals surface area contributed by atoms with E-state index in [0.29, 0.717) is 17.0 Å². The van der Waals surface area contributed by atoms with Crippen LogP contribution in [0.2, 0.25) is 5.02 Å². The van der Waals surface area contributed by atoms with E-state index in [1.165, 1.54) is 12.1 Å². The predicted molar refractivity (Wildman–Crippen MR) is 55.9 cm³/mol. The van der Waals surface area contributed by atoms with Crippen LogP contribution in [0.3, 0.4) is 0 Å². The Morgan fingerprint density at radius 3 is 2.71 bits per heavy atom. The molecule has 0 spiro atoms. The molecule has 0 bridgehead atoms. The van der Waals surface area contributed by atoms with Gasteiger partial charge in [-0.2, -0.15) is 0 Å². The van der Waals surface area contributed by atoms with E-state index in [-0.39, 0.29) is 0 Å². The van der Waals surface area contributed by atoms with Gasteiger partial charge in [-0.15, -0.1) is 0 Å². The summed E-state index contributed by atoms with van der Waals surface area (Å²) in [6.07, 6.45) is 1.98. The van der Waals surface area contributed by atoms with Crippen molar-refractivity contribution in [2.45, 2.75) is 32.3 Å². The zero-order valence-electron chi connectivity index (χ0n) is 8.13. The fourth-order valence-corrected chi connectivity index (χ4v) is 1.56. The molecule has 0 aliphatic rings. The highest BCUT2D eigenvalue weighted by molar-refractivity contribution is 6.30. The Morgan fingerprint density at radius 1 is 1.43 bits per heavy atom. The maximum absolute atomic E-state index is 12.9. The summed E-state index contributed by atoms with van der Waals surface area (Å²) in [5, 5.41) is 10.0. The summed E-state index contributed by atoms with van der Waals surface area (Å²) < 4.78 is 12.9. The van der Waals surface area contributed by atoms with Crippen molar-refractivity contribution in [3.8, 4) is 0 Å². The van der Waals surface area contributed by atoms with Crippen LogP contribution in [-0.4, -0.2) is 5.11 Å². The number of hydrogen-bond acceptors (Lipinski definition) is 1. The second-order valence-electron chi connectivity index (χ2n) is 3.36. The molecule has 0 heterocycles. The summed E-state index contributed by atoms with van der Waals surface area (Å²) >= 11 is 5.68. The average Bonchev–Trinajstić information content (AvgIpc) is 2.12. The van der Waals surface area contributed by atoms with Crippen molar-refractivity contribution in [1.29, 1.82) is 0 Å². The van der Waals surface area contributed by atoms with Gasteiger partial charge >= 0.3 is 0 Å². The maximum Gasteiger partial charge on any atom is 0.125 e. The van der Waals surface area contributed by atoms with Gasteiger partial charge in [0.25, 0.3) is 0 Å². The van der Waals surface area contributed by atoms with Crippen LogP contribution < -0.4 is 0 Å². The van der Waals surface area contributed by atoms with Crippen molar-refractivity contribution in [3.63, 3.8) is 0 Å². The molecular formula is C11H14ClFO. The minimum atomic E-state index is -0.608. The van der Waals surface area contributed by atoms with Crippen molar-refractivity contribution >= 4 is 11.6 Å². The second kappa shape index (κ2) is 5.32. The molecule has 0 fully saturated rings. The first-order valence-electron chi connectivity index (χ1n) is 4.77. The lowest BCUT2D eigenvalue weighted by atomic mass is 10.0. The summed E-state index contributed by atoms with van der Waals surface area (Å²) in [5.41, 5.74) is 0.559. The van der Waals surface area contributed by atoms with Gasteiger partial charge in [-0.05, 0) is 30.2 Å². The Kier molecular flexibility index (Phi) is 4.36. The molecular weight excluding hydrogens is 203 g/mol. The summed E-state index contributed by atoms with van der Waals surface area (Å²) in [7, 11) is 0. The van der Waals surface area contributed by atoms with E-state index < -0.39 is 11.9 Å². The van der Waals surface area contributed by atoms with Crippen LogP contribution in [-0.2, 0) is 0 Å². The van der Waals surface area contributed by atoms with Gasteiger partial charge in [0, 0.05) is 5.02 Å². The molecule has 14 heavy (non-hydrogen) atoms. The van der Waals surface area contributed by atoms with Crippen LogP contribution in [0, 0.1) is 5.82 Å². The van der Waals surface area contributed by atoms with Crippen molar-refractivity contribution in [2.75, 3.05) is 0 Å². The largest absolute Gasteiger partial charge is 0.388 e. The van der Waals surface area contributed by atoms with Crippen LogP contribution >= 0.6 is 11.6 Å². The molecule has 0 aliphatic carbocycles. The van der Waals surface area contributed by atoms with E-state index in [4.69, 9.17) is 11.6 Å². The Hall–Kier alpha value is -0.600. The minimum Gasteiger partial charge on any atom is -0.388 e. The molecule has 0 radical (unpaired) electrons. The van der Waals surface area contributed by atoms with Crippen LogP contribution in [0.15, 0.2) is 18.2 Å². The maximum atomic E-state index is 12.9. The molecule has 1 atom stereocenters. The normalized spacial score (nSPS) is 12.9. The van der Waals surface area contributed by atoms with Gasteiger partial charge in [-0.3, -0.25) is 0 Å². The zero-order valence-corrected chi connectivity index (χ0v) is 8.89. The van der Waals surface area contributed by atoms with Gasteiger partial charge in [0.1, 0.15) is 5.82 Å². The Labute approximate surface area is 88.5 Å². The van der Waals surface area contributed by atoms with E-state index >= 15 is 0 Å². The summed E-state index contributed by atoms with van der Waals surface area (Å²) in [6, 6.07) is 4.16. The van der Waals surface area contributed by atoms with Gasteiger partial charge in [-0.25, -0.2) is 4.39 Å². The number of rotatable bonds is 4. The first-order chi connectivity index (χ1) is 6.63. The fraction of sp³-hybridized carbons (Fsp3) is 0.455. The molecule has 1 unspecified atom stereocenters. The Bertz CT molecular complexity index is 281. The van der Waals surface area contributed by atoms with Crippen molar-refractivity contribution in [3.05, 3.63) is 34.6 Å². The molecule has 0 aliphatic heterocycles. The topological polar surface area (TPSA) is 20.2 Å². The number of hydrogen-bond donors (Lipinski definition) is 1. The van der Waals surface area contributed by atoms with Crippen LogP contribution in [0.4, 0.5) is 4.39 Å². The van der Waals surface area contributed by atoms with E-state index in [1.54, 1.807) is 6.07 Å². The van der Waals surface area contributed by atoms with Gasteiger partial charge in [-0.1, -0.05) is 31.4 Å². The molecule has 1 N–H and O–H groups in total. The molecule has 0 aromatic heterocycles. The molecule has 0 saturated heterocycles. The number of halogens is 2. The smallest absolute Gasteiger partial charge is 0.125 e. The van der Waals surface area contributed by atoms with Gasteiger partial charge < -0.3 is 5.11 Å². The second-order valence-corrected chi connectivity index (χ2v) is 3.80. The van der Waals surface area contributed by atoms with Gasteiger partial charge in [0.2, 0.25) is 0 Å². The monoisotopic (exact) mass is 216 g/mol. The molecule has 0 amide bonds. The summed E-state index contributed by atoms with van der Waals surface area (Å²) in [4.78, 5) is 0. The third-order valence-corrected chi connectivity index (χ3v) is 2.32. The molecule has 1 nitrogen and oxygen atoms in total. The standard InChI is InChI=1S/C11H14ClFO/c1-2-3-4-11(14)8-5-9(12)7-10(13)6-8/h5-7,11,14H,2-4H2,1H3. The lowest BCUT2D eigenvalue weighted by Crippen LogP contribution is -1.97. The minimum absolute atomic E-state index is 0.329. The molecule has 1 aromatic rings. The molecule has 0 saturated carbocycles. The van der Waals surface area contributed by atoms with Crippen LogP contribution in [0.25, 0.3) is 0 Å². The van der Waals surface area contributed by atoms with E-state index in [1.807, 2.05) is 6.92 Å². The quantitative estimate of drug-likeness (QED) is 0.814.